The largest absolute Gasteiger partial charge is 0.369 e. The lowest BCUT2D eigenvalue weighted by molar-refractivity contribution is -0.127. The smallest absolute Gasteiger partial charge is 0.237 e. The maximum absolute atomic E-state index is 11.6. The van der Waals surface area contributed by atoms with Gasteiger partial charge < -0.3 is 16.8 Å². The van der Waals surface area contributed by atoms with Crippen molar-refractivity contribution in [2.75, 3.05) is 6.54 Å². The summed E-state index contributed by atoms with van der Waals surface area (Å²) >= 11 is 0. The van der Waals surface area contributed by atoms with Gasteiger partial charge in [0, 0.05) is 6.54 Å². The van der Waals surface area contributed by atoms with Gasteiger partial charge in [0.2, 0.25) is 11.8 Å². The van der Waals surface area contributed by atoms with E-state index in [-0.39, 0.29) is 18.4 Å². The number of carbonyl (C=O) groups is 2. The van der Waals surface area contributed by atoms with E-state index < -0.39 is 17.4 Å². The summed E-state index contributed by atoms with van der Waals surface area (Å²) in [7, 11) is 0. The number of nitrogens with one attached hydrogen (secondary N) is 1. The molecule has 0 unspecified atom stereocenters. The highest BCUT2D eigenvalue weighted by atomic mass is 16.2. The summed E-state index contributed by atoms with van der Waals surface area (Å²) in [6.07, 6.45) is 0.841. The number of nitrogens with two attached hydrogens (primary N) is 2. The van der Waals surface area contributed by atoms with E-state index in [1.54, 1.807) is 13.8 Å². The molecule has 0 heterocycles. The molecule has 2 amide bonds. The van der Waals surface area contributed by atoms with Crippen LogP contribution in [0.3, 0.4) is 0 Å². The number of hydrogen-bond donors (Lipinski definition) is 3. The minimum absolute atomic E-state index is 0.122. The van der Waals surface area contributed by atoms with Crippen molar-refractivity contribution < 1.29 is 9.59 Å². The number of hydrogen-bond acceptors (Lipinski definition) is 3. The average molecular weight is 229 g/mol. The molecule has 0 rings (SSSR count). The summed E-state index contributed by atoms with van der Waals surface area (Å²) in [5.41, 5.74) is 10.2. The Kier molecular flexibility index (Phi) is 5.44. The van der Waals surface area contributed by atoms with Crippen molar-refractivity contribution in [1.29, 1.82) is 0 Å². The van der Waals surface area contributed by atoms with Crippen LogP contribution >= 0.6 is 0 Å². The zero-order chi connectivity index (χ0) is 12.9. The van der Waals surface area contributed by atoms with Gasteiger partial charge in [-0.3, -0.25) is 9.59 Å². The van der Waals surface area contributed by atoms with E-state index in [0.717, 1.165) is 6.42 Å². The van der Waals surface area contributed by atoms with Gasteiger partial charge in [-0.1, -0.05) is 20.3 Å². The standard InChI is InChI=1S/C11H23N3O2/c1-5-7(2)8(12)9(15)14-6-11(3,4)10(13)16/h7-8H,5-6,12H2,1-4H3,(H2,13,16)(H,14,15)/t7-,8-/m0/s1. The zero-order valence-electron chi connectivity index (χ0n) is 10.5. The van der Waals surface area contributed by atoms with Gasteiger partial charge in [-0.2, -0.15) is 0 Å². The van der Waals surface area contributed by atoms with Crippen LogP contribution in [-0.4, -0.2) is 24.4 Å². The molecular formula is C11H23N3O2. The van der Waals surface area contributed by atoms with Gasteiger partial charge in [0.1, 0.15) is 0 Å². The van der Waals surface area contributed by atoms with Crippen molar-refractivity contribution in [3.8, 4) is 0 Å². The Bertz CT molecular complexity index is 264. The summed E-state index contributed by atoms with van der Waals surface area (Å²) in [4.78, 5) is 22.7. The molecule has 0 bridgehead atoms. The van der Waals surface area contributed by atoms with Crippen LogP contribution < -0.4 is 16.8 Å². The van der Waals surface area contributed by atoms with Gasteiger partial charge in [0.25, 0.3) is 0 Å². The molecule has 5 heteroatoms. The Hall–Kier alpha value is -1.10. The minimum Gasteiger partial charge on any atom is -0.369 e. The highest BCUT2D eigenvalue weighted by Gasteiger charge is 2.27. The van der Waals surface area contributed by atoms with Gasteiger partial charge in [-0.25, -0.2) is 0 Å². The fourth-order valence-electron chi connectivity index (χ4n) is 1.03. The van der Waals surface area contributed by atoms with Gasteiger partial charge in [-0.05, 0) is 19.8 Å². The first-order chi connectivity index (χ1) is 7.22. The molecule has 0 radical (unpaired) electrons. The molecule has 0 fully saturated rings. The molecule has 0 aliphatic carbocycles. The van der Waals surface area contributed by atoms with Crippen LogP contribution in [0.5, 0.6) is 0 Å². The van der Waals surface area contributed by atoms with E-state index in [9.17, 15) is 9.59 Å². The van der Waals surface area contributed by atoms with Gasteiger partial charge in [0.05, 0.1) is 11.5 Å². The van der Waals surface area contributed by atoms with Crippen LogP contribution in [-0.2, 0) is 9.59 Å². The second-order valence-corrected chi connectivity index (χ2v) is 4.88. The summed E-state index contributed by atoms with van der Waals surface area (Å²) in [6, 6.07) is -0.534. The van der Waals surface area contributed by atoms with Gasteiger partial charge >= 0.3 is 0 Å². The maximum Gasteiger partial charge on any atom is 0.237 e. The molecule has 5 N–H and O–H groups in total. The van der Waals surface area contributed by atoms with E-state index in [1.165, 1.54) is 0 Å². The molecular weight excluding hydrogens is 206 g/mol. The first-order valence-corrected chi connectivity index (χ1v) is 5.55. The van der Waals surface area contributed by atoms with Crippen molar-refractivity contribution in [2.45, 2.75) is 40.2 Å². The van der Waals surface area contributed by atoms with Crippen LogP contribution in [0.15, 0.2) is 0 Å². The lowest BCUT2D eigenvalue weighted by Gasteiger charge is -2.23. The molecule has 0 aliphatic heterocycles. The van der Waals surface area contributed by atoms with Crippen molar-refractivity contribution >= 4 is 11.8 Å². The predicted octanol–water partition coefficient (Wildman–Crippen LogP) is -0.0125. The molecule has 0 aromatic rings. The van der Waals surface area contributed by atoms with Gasteiger partial charge in [-0.15, -0.1) is 0 Å². The Morgan fingerprint density at radius 2 is 1.88 bits per heavy atom. The quantitative estimate of drug-likeness (QED) is 0.597. The third-order valence-corrected chi connectivity index (χ3v) is 2.93. The highest BCUT2D eigenvalue weighted by Crippen LogP contribution is 2.12. The van der Waals surface area contributed by atoms with Crippen LogP contribution in [0.1, 0.15) is 34.1 Å². The van der Waals surface area contributed by atoms with Crippen LogP contribution in [0, 0.1) is 11.3 Å². The van der Waals surface area contributed by atoms with Crippen molar-refractivity contribution in [3.63, 3.8) is 0 Å². The molecule has 5 nitrogen and oxygen atoms in total. The fourth-order valence-corrected chi connectivity index (χ4v) is 1.03. The Balaban J connectivity index is 4.22. The second-order valence-electron chi connectivity index (χ2n) is 4.88. The van der Waals surface area contributed by atoms with Gasteiger partial charge in [0.15, 0.2) is 0 Å². The molecule has 0 saturated carbocycles. The van der Waals surface area contributed by atoms with Crippen LogP contribution in [0.2, 0.25) is 0 Å². The summed E-state index contributed by atoms with van der Waals surface area (Å²) in [5.74, 6) is -0.551. The summed E-state index contributed by atoms with van der Waals surface area (Å²) < 4.78 is 0. The normalized spacial score (nSPS) is 15.3. The Morgan fingerprint density at radius 1 is 1.38 bits per heavy atom. The number of rotatable bonds is 6. The molecule has 16 heavy (non-hydrogen) atoms. The maximum atomic E-state index is 11.6. The number of carbonyl (C=O) groups excluding carboxylic acids is 2. The zero-order valence-corrected chi connectivity index (χ0v) is 10.5. The topological polar surface area (TPSA) is 98.2 Å². The first kappa shape index (κ1) is 14.9. The summed E-state index contributed by atoms with van der Waals surface area (Å²) in [6.45, 7) is 7.48. The van der Waals surface area contributed by atoms with E-state index in [1.807, 2.05) is 13.8 Å². The molecule has 0 spiro atoms. The fraction of sp³-hybridized carbons (Fsp3) is 0.818. The SMILES string of the molecule is CC[C@H](C)[C@H](N)C(=O)NCC(C)(C)C(N)=O. The Morgan fingerprint density at radius 3 is 2.25 bits per heavy atom. The van der Waals surface area contributed by atoms with E-state index >= 15 is 0 Å². The van der Waals surface area contributed by atoms with E-state index in [0.29, 0.717) is 0 Å². The van der Waals surface area contributed by atoms with Crippen molar-refractivity contribution in [2.24, 2.45) is 22.8 Å². The van der Waals surface area contributed by atoms with Crippen LogP contribution in [0.4, 0.5) is 0 Å². The predicted molar refractivity (Wildman–Crippen MR) is 63.4 cm³/mol. The van der Waals surface area contributed by atoms with Crippen LogP contribution in [0.25, 0.3) is 0 Å². The highest BCUT2D eigenvalue weighted by molar-refractivity contribution is 5.84. The number of primary amides is 1. The lowest BCUT2D eigenvalue weighted by Crippen LogP contribution is -2.49. The molecule has 2 atom stereocenters. The molecule has 0 aromatic heterocycles. The third kappa shape index (κ3) is 4.18. The Labute approximate surface area is 96.9 Å². The molecule has 94 valence electrons. The van der Waals surface area contributed by atoms with E-state index in [2.05, 4.69) is 5.32 Å². The summed E-state index contributed by atoms with van der Waals surface area (Å²) in [5, 5.41) is 2.65. The lowest BCUT2D eigenvalue weighted by atomic mass is 9.92. The van der Waals surface area contributed by atoms with Crippen molar-refractivity contribution in [3.05, 3.63) is 0 Å². The first-order valence-electron chi connectivity index (χ1n) is 5.55. The minimum atomic E-state index is -0.745. The molecule has 0 aromatic carbocycles. The monoisotopic (exact) mass is 229 g/mol. The average Bonchev–Trinajstić information content (AvgIpc) is 2.23. The second kappa shape index (κ2) is 5.84. The van der Waals surface area contributed by atoms with E-state index in [4.69, 9.17) is 11.5 Å². The van der Waals surface area contributed by atoms with Crippen molar-refractivity contribution in [1.82, 2.24) is 5.32 Å². The molecule has 0 aliphatic rings. The molecule has 0 saturated heterocycles. The third-order valence-electron chi connectivity index (χ3n) is 2.93. The number of amides is 2.